The highest BCUT2D eigenvalue weighted by molar-refractivity contribution is 6.37. The van der Waals surface area contributed by atoms with Crippen LogP contribution in [0.3, 0.4) is 0 Å². The second-order valence-electron chi connectivity index (χ2n) is 13.1. The second kappa shape index (κ2) is 12.5. The van der Waals surface area contributed by atoms with E-state index in [0.29, 0.717) is 59.7 Å². The van der Waals surface area contributed by atoms with Crippen molar-refractivity contribution in [1.29, 1.82) is 0 Å². The highest BCUT2D eigenvalue weighted by Gasteiger charge is 2.35. The number of carbonyl (C=O) groups excluding carboxylic acids is 2. The van der Waals surface area contributed by atoms with Crippen LogP contribution in [0.15, 0.2) is 57.8 Å². The van der Waals surface area contributed by atoms with Crippen molar-refractivity contribution in [3.05, 3.63) is 75.2 Å². The van der Waals surface area contributed by atoms with Crippen LogP contribution in [0.1, 0.15) is 69.9 Å². The zero-order chi connectivity index (χ0) is 31.9. The number of rotatable bonds is 5. The van der Waals surface area contributed by atoms with Gasteiger partial charge in [0.25, 0.3) is 5.56 Å². The Bertz CT molecular complexity index is 1770. The van der Waals surface area contributed by atoms with Crippen LogP contribution in [-0.4, -0.2) is 69.3 Å². The lowest BCUT2D eigenvalue weighted by molar-refractivity contribution is -0.128. The van der Waals surface area contributed by atoms with Gasteiger partial charge < -0.3 is 24.0 Å². The molecule has 2 fully saturated rings. The van der Waals surface area contributed by atoms with Crippen LogP contribution < -0.4 is 10.9 Å². The molecule has 11 heteroatoms. The maximum Gasteiger partial charge on any atom is 0.410 e. The smallest absolute Gasteiger partial charge is 0.410 e. The molecule has 1 N–H and O–H groups in total. The van der Waals surface area contributed by atoms with Crippen molar-refractivity contribution in [3.63, 3.8) is 0 Å². The molecule has 1 saturated heterocycles. The van der Waals surface area contributed by atoms with Crippen molar-refractivity contribution < 1.29 is 18.8 Å². The Morgan fingerprint density at radius 3 is 2.47 bits per heavy atom. The summed E-state index contributed by atoms with van der Waals surface area (Å²) in [5.74, 6) is 0.381. The van der Waals surface area contributed by atoms with E-state index in [9.17, 15) is 14.4 Å². The van der Waals surface area contributed by atoms with Crippen molar-refractivity contribution in [2.45, 2.75) is 77.1 Å². The number of nitrogens with one attached hydrogen (secondary N) is 1. The molecule has 238 valence electrons. The zero-order valence-corrected chi connectivity index (χ0v) is 27.0. The molecule has 2 amide bonds. The highest BCUT2D eigenvalue weighted by atomic mass is 35.5. The molecule has 6 rings (SSSR count). The molecule has 4 aromatic rings. The number of aromatic nitrogens is 2. The van der Waals surface area contributed by atoms with Gasteiger partial charge >= 0.3 is 6.09 Å². The van der Waals surface area contributed by atoms with E-state index < -0.39 is 11.6 Å². The minimum Gasteiger partial charge on any atom is -0.444 e. The number of amides is 2. The molecule has 0 radical (unpaired) electrons. The van der Waals surface area contributed by atoms with Crippen LogP contribution in [0.4, 0.5) is 4.79 Å². The van der Waals surface area contributed by atoms with Crippen LogP contribution >= 0.6 is 11.6 Å². The van der Waals surface area contributed by atoms with E-state index in [4.69, 9.17) is 20.9 Å². The van der Waals surface area contributed by atoms with Gasteiger partial charge in [-0.05, 0) is 71.1 Å². The average Bonchev–Trinajstić information content (AvgIpc) is 3.39. The molecule has 1 aliphatic heterocycles. The third-order valence-corrected chi connectivity index (χ3v) is 9.15. The maximum absolute atomic E-state index is 14.1. The number of hydrogen-bond donors (Lipinski definition) is 1. The first kappa shape index (κ1) is 31.1. The number of carbonyl (C=O) groups is 2. The molecule has 3 heterocycles. The van der Waals surface area contributed by atoms with Crippen LogP contribution in [0.25, 0.3) is 21.8 Å². The van der Waals surface area contributed by atoms with E-state index >= 15 is 0 Å². The molecule has 0 bridgehead atoms. The molecule has 2 aromatic carbocycles. The molecular formula is C34H40ClN5O5. The summed E-state index contributed by atoms with van der Waals surface area (Å²) in [5, 5.41) is 9.17. The van der Waals surface area contributed by atoms with Gasteiger partial charge in [-0.3, -0.25) is 14.5 Å². The molecule has 10 nitrogen and oxygen atoms in total. The van der Waals surface area contributed by atoms with Gasteiger partial charge in [0.1, 0.15) is 28.3 Å². The van der Waals surface area contributed by atoms with Crippen molar-refractivity contribution in [2.24, 2.45) is 0 Å². The predicted octanol–water partition coefficient (Wildman–Crippen LogP) is 6.00. The van der Waals surface area contributed by atoms with Gasteiger partial charge in [-0.15, -0.1) is 0 Å². The van der Waals surface area contributed by atoms with Crippen LogP contribution in [-0.2, 0) is 9.53 Å². The molecule has 2 aliphatic rings. The Kier molecular flexibility index (Phi) is 8.63. The summed E-state index contributed by atoms with van der Waals surface area (Å²) in [4.78, 5) is 44.5. The van der Waals surface area contributed by atoms with Gasteiger partial charge in [0.15, 0.2) is 0 Å². The van der Waals surface area contributed by atoms with E-state index in [1.165, 1.54) is 0 Å². The molecule has 1 aliphatic carbocycles. The van der Waals surface area contributed by atoms with Gasteiger partial charge in [-0.2, -0.15) is 0 Å². The molecule has 0 spiro atoms. The number of nitrogens with zero attached hydrogens (tertiary/aromatic N) is 4. The number of halogens is 1. The Morgan fingerprint density at radius 1 is 1.02 bits per heavy atom. The Hall–Kier alpha value is -3.89. The summed E-state index contributed by atoms with van der Waals surface area (Å²) in [5.41, 5.74) is 1.38. The Labute approximate surface area is 267 Å². The topological polar surface area (TPSA) is 110 Å². The lowest BCUT2D eigenvalue weighted by Gasteiger charge is -2.40. The first-order valence-corrected chi connectivity index (χ1v) is 16.1. The third-order valence-electron chi connectivity index (χ3n) is 8.84. The maximum atomic E-state index is 14.1. The monoisotopic (exact) mass is 633 g/mol. The van der Waals surface area contributed by atoms with E-state index in [-0.39, 0.29) is 29.6 Å². The van der Waals surface area contributed by atoms with Gasteiger partial charge in [-0.1, -0.05) is 53.2 Å². The Balaban J connectivity index is 1.23. The molecule has 2 aromatic heterocycles. The average molecular weight is 634 g/mol. The number of benzene rings is 2. The largest absolute Gasteiger partial charge is 0.444 e. The first-order valence-electron chi connectivity index (χ1n) is 15.7. The number of ether oxygens (including phenoxy) is 1. The van der Waals surface area contributed by atoms with Crippen LogP contribution in [0.5, 0.6) is 0 Å². The van der Waals surface area contributed by atoms with Crippen LogP contribution in [0.2, 0.25) is 5.02 Å². The number of hydrogen-bond acceptors (Lipinski definition) is 7. The zero-order valence-electron chi connectivity index (χ0n) is 26.2. The van der Waals surface area contributed by atoms with E-state index in [1.807, 2.05) is 67.8 Å². The molecule has 3 unspecified atom stereocenters. The Morgan fingerprint density at radius 2 is 1.76 bits per heavy atom. The summed E-state index contributed by atoms with van der Waals surface area (Å²) in [6.45, 7) is 9.34. The van der Waals surface area contributed by atoms with Crippen molar-refractivity contribution in [3.8, 4) is 0 Å². The van der Waals surface area contributed by atoms with Gasteiger partial charge in [0, 0.05) is 43.6 Å². The fourth-order valence-electron chi connectivity index (χ4n) is 6.80. The van der Waals surface area contributed by atoms with Crippen molar-refractivity contribution in [2.75, 3.05) is 26.2 Å². The standard InChI is InChI=1S/C34H40ClN5O5/c1-21-27-29(37-45-21)28-25(35)14-9-15-26(28)40(32(27)42)24-13-8-12-23(20-24)36-31(41)30(22-10-6-5-7-11-22)38-16-18-39(19-17-38)33(43)44-34(2,3)4/h5-7,9-11,14-15,23-24,30H,8,12-13,16-20H2,1-4H3,(H,36,41). The highest BCUT2D eigenvalue weighted by Crippen LogP contribution is 2.36. The van der Waals surface area contributed by atoms with E-state index in [2.05, 4.69) is 15.4 Å². The number of piperazine rings is 1. The first-order chi connectivity index (χ1) is 21.5. The predicted molar refractivity (Wildman–Crippen MR) is 174 cm³/mol. The minimum atomic E-state index is -0.567. The van der Waals surface area contributed by atoms with E-state index in [0.717, 1.165) is 30.3 Å². The summed E-state index contributed by atoms with van der Waals surface area (Å²) < 4.78 is 12.8. The van der Waals surface area contributed by atoms with Crippen LogP contribution in [0, 0.1) is 6.92 Å². The molecule has 3 atom stereocenters. The third kappa shape index (κ3) is 6.31. The lowest BCUT2D eigenvalue weighted by Crippen LogP contribution is -2.54. The van der Waals surface area contributed by atoms with Crippen molar-refractivity contribution in [1.82, 2.24) is 24.8 Å². The SMILES string of the molecule is Cc1onc2c1c(=O)n(C1CCCC(NC(=O)C(c3ccccc3)N3CCN(C(=O)OC(C)(C)C)CC3)C1)c1cccc(Cl)c21. The lowest BCUT2D eigenvalue weighted by atomic mass is 9.89. The molecule has 45 heavy (non-hydrogen) atoms. The van der Waals surface area contributed by atoms with Gasteiger partial charge in [-0.25, -0.2) is 4.79 Å². The van der Waals surface area contributed by atoms with Gasteiger partial charge in [0.2, 0.25) is 5.91 Å². The number of aryl methyl sites for hydroxylation is 1. The van der Waals surface area contributed by atoms with E-state index in [1.54, 1.807) is 17.9 Å². The minimum absolute atomic E-state index is 0.0804. The van der Waals surface area contributed by atoms with Crippen molar-refractivity contribution >= 4 is 45.4 Å². The molecular weight excluding hydrogens is 594 g/mol. The summed E-state index contributed by atoms with van der Waals surface area (Å²) in [7, 11) is 0. The summed E-state index contributed by atoms with van der Waals surface area (Å²) in [6, 6.07) is 14.5. The fourth-order valence-corrected chi connectivity index (χ4v) is 7.06. The molecule has 1 saturated carbocycles. The summed E-state index contributed by atoms with van der Waals surface area (Å²) in [6.07, 6.45) is 2.75. The normalized spacial score (nSPS) is 20.3. The second-order valence-corrected chi connectivity index (χ2v) is 13.5. The number of pyridine rings is 1. The van der Waals surface area contributed by atoms with Gasteiger partial charge in [0.05, 0.1) is 10.5 Å². The number of fused-ring (bicyclic) bond motifs is 3. The fraction of sp³-hybridized carbons (Fsp3) is 0.471. The quantitative estimate of drug-likeness (QED) is 0.287. The summed E-state index contributed by atoms with van der Waals surface area (Å²) >= 11 is 6.64.